The van der Waals surface area contributed by atoms with Crippen molar-refractivity contribution in [3.8, 4) is 0 Å². The van der Waals surface area contributed by atoms with E-state index in [4.69, 9.17) is 0 Å². The molecule has 2 rings (SSSR count). The molecule has 0 bridgehead atoms. The monoisotopic (exact) mass is 222 g/mol. The first kappa shape index (κ1) is 10.8. The Balaban J connectivity index is 2.96. The number of halogens is 2. The molecule has 0 aliphatic carbocycles. The van der Waals surface area contributed by atoms with Crippen molar-refractivity contribution in [1.29, 1.82) is 0 Å². The number of rotatable bonds is 1. The Labute approximate surface area is 92.3 Å². The molecule has 0 atom stereocenters. The molecular weight excluding hydrogens is 210 g/mol. The number of anilines is 1. The zero-order valence-electron chi connectivity index (χ0n) is 9.36. The van der Waals surface area contributed by atoms with E-state index < -0.39 is 11.6 Å². The van der Waals surface area contributed by atoms with Crippen LogP contribution in [0, 0.1) is 25.5 Å². The van der Waals surface area contributed by atoms with Crippen molar-refractivity contribution in [2.75, 3.05) is 12.4 Å². The van der Waals surface area contributed by atoms with Crippen LogP contribution in [0.25, 0.3) is 10.9 Å². The van der Waals surface area contributed by atoms with E-state index in [0.29, 0.717) is 11.1 Å². The van der Waals surface area contributed by atoms with Gasteiger partial charge in [0.05, 0.1) is 0 Å². The minimum absolute atomic E-state index is 0.0763. The fourth-order valence-electron chi connectivity index (χ4n) is 1.81. The third-order valence-corrected chi connectivity index (χ3v) is 2.79. The highest BCUT2D eigenvalue weighted by molar-refractivity contribution is 5.93. The van der Waals surface area contributed by atoms with Gasteiger partial charge in [0.25, 0.3) is 0 Å². The summed E-state index contributed by atoms with van der Waals surface area (Å²) in [4.78, 5) is 4.09. The lowest BCUT2D eigenvalue weighted by molar-refractivity contribution is 0.515. The van der Waals surface area contributed by atoms with Crippen LogP contribution in [0.3, 0.4) is 0 Å². The van der Waals surface area contributed by atoms with Gasteiger partial charge in [0, 0.05) is 23.8 Å². The number of fused-ring (bicyclic) bond motifs is 1. The van der Waals surface area contributed by atoms with Gasteiger partial charge in [-0.05, 0) is 31.5 Å². The Hall–Kier alpha value is -1.71. The number of aryl methyl sites for hydroxylation is 1. The van der Waals surface area contributed by atoms with Crippen molar-refractivity contribution >= 4 is 16.6 Å². The molecule has 0 aliphatic heterocycles. The van der Waals surface area contributed by atoms with Crippen LogP contribution in [-0.2, 0) is 0 Å². The summed E-state index contributed by atoms with van der Waals surface area (Å²) in [6.07, 6.45) is 0. The first-order valence-electron chi connectivity index (χ1n) is 4.99. The van der Waals surface area contributed by atoms with Crippen molar-refractivity contribution in [2.24, 2.45) is 0 Å². The highest BCUT2D eigenvalue weighted by Crippen LogP contribution is 2.29. The molecule has 2 nitrogen and oxygen atoms in total. The Bertz CT molecular complexity index is 565. The first-order chi connectivity index (χ1) is 7.56. The van der Waals surface area contributed by atoms with Crippen LogP contribution < -0.4 is 5.32 Å². The van der Waals surface area contributed by atoms with E-state index in [0.717, 1.165) is 17.3 Å². The van der Waals surface area contributed by atoms with Crippen molar-refractivity contribution in [3.63, 3.8) is 0 Å². The normalized spacial score (nSPS) is 10.8. The lowest BCUT2D eigenvalue weighted by atomic mass is 10.1. The minimum atomic E-state index is -0.892. The molecule has 0 saturated carbocycles. The van der Waals surface area contributed by atoms with Crippen LogP contribution in [0.4, 0.5) is 14.5 Å². The second-order valence-corrected chi connectivity index (χ2v) is 3.70. The first-order valence-corrected chi connectivity index (χ1v) is 4.99. The Morgan fingerprint density at radius 3 is 2.50 bits per heavy atom. The van der Waals surface area contributed by atoms with Crippen molar-refractivity contribution in [3.05, 3.63) is 35.0 Å². The Morgan fingerprint density at radius 2 is 1.88 bits per heavy atom. The number of pyridine rings is 1. The van der Waals surface area contributed by atoms with E-state index in [1.165, 1.54) is 0 Å². The number of benzene rings is 1. The summed E-state index contributed by atoms with van der Waals surface area (Å²) in [5.74, 6) is -1.76. The van der Waals surface area contributed by atoms with Crippen LogP contribution >= 0.6 is 0 Å². The fraction of sp³-hybridized carbons (Fsp3) is 0.250. The molecule has 16 heavy (non-hydrogen) atoms. The summed E-state index contributed by atoms with van der Waals surface area (Å²) in [6, 6.07) is 2.66. The molecular formula is C12H12F2N2. The van der Waals surface area contributed by atoms with Crippen LogP contribution in [0.2, 0.25) is 0 Å². The van der Waals surface area contributed by atoms with Gasteiger partial charge in [-0.2, -0.15) is 0 Å². The van der Waals surface area contributed by atoms with Crippen molar-refractivity contribution < 1.29 is 8.78 Å². The molecule has 84 valence electrons. The lowest BCUT2D eigenvalue weighted by Gasteiger charge is -2.12. The molecule has 1 heterocycles. The molecule has 1 aromatic carbocycles. The fourth-order valence-corrected chi connectivity index (χ4v) is 1.81. The maximum Gasteiger partial charge on any atom is 0.185 e. The molecule has 1 N–H and O–H groups in total. The summed E-state index contributed by atoms with van der Waals surface area (Å²) in [6.45, 7) is 3.68. The van der Waals surface area contributed by atoms with Crippen LogP contribution in [0.15, 0.2) is 12.1 Å². The van der Waals surface area contributed by atoms with Gasteiger partial charge in [0.15, 0.2) is 11.6 Å². The van der Waals surface area contributed by atoms with E-state index in [2.05, 4.69) is 10.3 Å². The van der Waals surface area contributed by atoms with Gasteiger partial charge in [-0.15, -0.1) is 0 Å². The van der Waals surface area contributed by atoms with Gasteiger partial charge in [-0.3, -0.25) is 0 Å². The highest BCUT2D eigenvalue weighted by atomic mass is 19.2. The summed E-state index contributed by atoms with van der Waals surface area (Å²) in [5.41, 5.74) is 2.51. The second-order valence-electron chi connectivity index (χ2n) is 3.70. The quantitative estimate of drug-likeness (QED) is 0.801. The number of hydrogen-bond acceptors (Lipinski definition) is 2. The highest BCUT2D eigenvalue weighted by Gasteiger charge is 2.14. The zero-order chi connectivity index (χ0) is 11.9. The smallest absolute Gasteiger partial charge is 0.185 e. The van der Waals surface area contributed by atoms with Gasteiger partial charge in [-0.25, -0.2) is 13.8 Å². The maximum absolute atomic E-state index is 13.6. The van der Waals surface area contributed by atoms with E-state index >= 15 is 0 Å². The molecule has 2 aromatic rings. The van der Waals surface area contributed by atoms with Crippen LogP contribution in [-0.4, -0.2) is 12.0 Å². The molecule has 0 amide bonds. The minimum Gasteiger partial charge on any atom is -0.387 e. The Morgan fingerprint density at radius 1 is 1.19 bits per heavy atom. The van der Waals surface area contributed by atoms with Gasteiger partial charge in [0.2, 0.25) is 0 Å². The summed E-state index contributed by atoms with van der Waals surface area (Å²) in [7, 11) is 1.75. The van der Waals surface area contributed by atoms with Crippen LogP contribution in [0.1, 0.15) is 11.3 Å². The molecule has 0 saturated heterocycles. The summed E-state index contributed by atoms with van der Waals surface area (Å²) < 4.78 is 26.6. The van der Waals surface area contributed by atoms with Gasteiger partial charge in [0.1, 0.15) is 5.52 Å². The summed E-state index contributed by atoms with van der Waals surface area (Å²) in [5, 5.41) is 3.60. The summed E-state index contributed by atoms with van der Waals surface area (Å²) >= 11 is 0. The van der Waals surface area contributed by atoms with Gasteiger partial charge >= 0.3 is 0 Å². The molecule has 1 aromatic heterocycles. The predicted molar refractivity (Wildman–Crippen MR) is 60.7 cm³/mol. The number of hydrogen-bond donors (Lipinski definition) is 1. The van der Waals surface area contributed by atoms with Crippen LogP contribution in [0.5, 0.6) is 0 Å². The molecule has 0 aliphatic rings. The maximum atomic E-state index is 13.6. The zero-order valence-corrected chi connectivity index (χ0v) is 9.36. The lowest BCUT2D eigenvalue weighted by Crippen LogP contribution is -2.00. The number of aromatic nitrogens is 1. The molecule has 0 spiro atoms. The Kier molecular flexibility index (Phi) is 2.50. The average molecular weight is 222 g/mol. The van der Waals surface area contributed by atoms with Gasteiger partial charge < -0.3 is 5.32 Å². The number of nitrogens with zero attached hydrogens (tertiary/aromatic N) is 1. The average Bonchev–Trinajstić information content (AvgIpc) is 2.27. The van der Waals surface area contributed by atoms with E-state index in [-0.39, 0.29) is 5.52 Å². The third kappa shape index (κ3) is 1.41. The topological polar surface area (TPSA) is 24.9 Å². The number of nitrogens with one attached hydrogen (secondary N) is 1. The standard InChI is InChI=1S/C12H12F2N2/c1-6-7(2)16-12-8(11(6)15-3)4-5-9(13)10(12)14/h4-5H,1-3H3,(H,15,16). The largest absolute Gasteiger partial charge is 0.387 e. The third-order valence-electron chi connectivity index (χ3n) is 2.79. The van der Waals surface area contributed by atoms with Crippen molar-refractivity contribution in [2.45, 2.75) is 13.8 Å². The molecule has 0 fully saturated rings. The molecule has 4 heteroatoms. The van der Waals surface area contributed by atoms with E-state index in [1.807, 2.05) is 6.92 Å². The van der Waals surface area contributed by atoms with E-state index in [9.17, 15) is 8.78 Å². The SMILES string of the molecule is CNc1c(C)c(C)nc2c(F)c(F)ccc12. The van der Waals surface area contributed by atoms with Crippen molar-refractivity contribution in [1.82, 2.24) is 4.98 Å². The van der Waals surface area contributed by atoms with Gasteiger partial charge in [-0.1, -0.05) is 0 Å². The predicted octanol–water partition coefficient (Wildman–Crippen LogP) is 3.17. The molecule has 0 radical (unpaired) electrons. The second kappa shape index (κ2) is 3.70. The molecule has 0 unspecified atom stereocenters. The van der Waals surface area contributed by atoms with E-state index in [1.54, 1.807) is 20.0 Å².